The molecule has 0 saturated heterocycles. The molecule has 19 heteroatoms. The maximum absolute atomic E-state index is 14.6. The van der Waals surface area contributed by atoms with E-state index in [1.54, 1.807) is 12.1 Å². The lowest BCUT2D eigenvalue weighted by Gasteiger charge is -2.50. The summed E-state index contributed by atoms with van der Waals surface area (Å²) in [4.78, 5) is 31.7. The van der Waals surface area contributed by atoms with Crippen LogP contribution in [0, 0.1) is 0 Å². The van der Waals surface area contributed by atoms with E-state index in [1.165, 1.54) is 7.05 Å². The number of carbonyl (C=O) groups is 2. The highest BCUT2D eigenvalue weighted by Crippen LogP contribution is 2.66. The van der Waals surface area contributed by atoms with E-state index in [-0.39, 0.29) is 53.9 Å². The summed E-state index contributed by atoms with van der Waals surface area (Å²) in [5.74, 6) is -1.98. The number of nitrogens with zero attached hydrogens (tertiary/aromatic N) is 2. The lowest BCUT2D eigenvalue weighted by molar-refractivity contribution is -0.118. The standard InChI is InChI=1S/C41H40Cl3N3O10S3/c1-39(2)14-19(17-59(50,51)52)23-12-25-35(21-8-6-10-46(39)33(21)23)56-36-22-9-7-11-47-34(22)24(20(15-40(47,3)4)18-60(53,54)55)13-26(36)41(25)29-28(38(49)57-41)30(42)32(44)37(31(29)43)58-16-27(48)45-5/h12-15H,6-11,16-18H2,1-5H3,(H,45,48)(H,50,51,52)(H,53,54,55). The van der Waals surface area contributed by atoms with E-state index in [2.05, 4.69) is 15.1 Å². The van der Waals surface area contributed by atoms with Crippen molar-refractivity contribution in [2.24, 2.45) is 0 Å². The van der Waals surface area contributed by atoms with Crippen LogP contribution in [0.5, 0.6) is 11.5 Å². The van der Waals surface area contributed by atoms with E-state index in [0.29, 0.717) is 72.5 Å². The Kier molecular flexibility index (Phi) is 9.60. The molecule has 3 aromatic carbocycles. The molecule has 0 bridgehead atoms. The van der Waals surface area contributed by atoms with Gasteiger partial charge in [0.05, 0.1) is 48.8 Å². The Morgan fingerprint density at radius 1 is 0.817 bits per heavy atom. The third kappa shape index (κ3) is 6.21. The summed E-state index contributed by atoms with van der Waals surface area (Å²) >= 11 is 22.3. The smallest absolute Gasteiger partial charge is 0.341 e. The van der Waals surface area contributed by atoms with Crippen LogP contribution in [0.1, 0.15) is 89.8 Å². The normalized spacial score (nSPS) is 19.9. The predicted octanol–water partition coefficient (Wildman–Crippen LogP) is 7.68. The molecule has 0 radical (unpaired) electrons. The molecule has 0 unspecified atom stereocenters. The zero-order valence-electron chi connectivity index (χ0n) is 33.1. The summed E-state index contributed by atoms with van der Waals surface area (Å²) < 4.78 is 85.0. The van der Waals surface area contributed by atoms with E-state index < -0.39 is 54.4 Å². The van der Waals surface area contributed by atoms with Crippen molar-refractivity contribution < 1.29 is 45.0 Å². The summed E-state index contributed by atoms with van der Waals surface area (Å²) in [7, 11) is -7.61. The summed E-state index contributed by atoms with van der Waals surface area (Å²) in [6.07, 6.45) is 5.99. The second kappa shape index (κ2) is 13.8. The van der Waals surface area contributed by atoms with Crippen LogP contribution in [0.3, 0.4) is 0 Å². The topological polar surface area (TPSA) is 180 Å². The maximum Gasteiger partial charge on any atom is 0.341 e. The number of hydrogen-bond acceptors (Lipinski definition) is 11. The monoisotopic (exact) mass is 935 g/mol. The first kappa shape index (κ1) is 41.9. The van der Waals surface area contributed by atoms with Gasteiger partial charge >= 0.3 is 5.97 Å². The number of nitrogens with one attached hydrogen (secondary N) is 1. The molecule has 0 fully saturated rings. The van der Waals surface area contributed by atoms with Crippen molar-refractivity contribution in [3.05, 3.63) is 83.9 Å². The minimum atomic E-state index is -4.55. The Balaban J connectivity index is 1.44. The van der Waals surface area contributed by atoms with E-state index >= 15 is 0 Å². The van der Waals surface area contributed by atoms with E-state index in [4.69, 9.17) is 44.3 Å². The number of carbonyl (C=O) groups excluding carboxylic acids is 2. The third-order valence-electron chi connectivity index (χ3n) is 12.3. The van der Waals surface area contributed by atoms with Crippen molar-refractivity contribution in [1.82, 2.24) is 5.32 Å². The second-order valence-corrected chi connectivity index (χ2v) is 22.0. The highest BCUT2D eigenvalue weighted by atomic mass is 35.5. The molecule has 0 atom stereocenters. The number of thioether (sulfide) groups is 1. The van der Waals surface area contributed by atoms with Crippen LogP contribution in [-0.2, 0) is 48.2 Å². The van der Waals surface area contributed by atoms with E-state index in [0.717, 1.165) is 34.3 Å². The second-order valence-electron chi connectivity index (χ2n) is 17.0. The van der Waals surface area contributed by atoms with Crippen molar-refractivity contribution in [1.29, 1.82) is 0 Å². The minimum absolute atomic E-state index is 0.0244. The number of anilines is 2. The molecular formula is C41H40Cl3N3O10S3. The number of amides is 1. The molecule has 9 rings (SSSR count). The molecule has 6 aliphatic heterocycles. The van der Waals surface area contributed by atoms with Crippen LogP contribution in [-0.4, -0.2) is 86.3 Å². The Bertz CT molecular complexity index is 2680. The predicted molar refractivity (Wildman–Crippen MR) is 233 cm³/mol. The molecule has 318 valence electrons. The lowest BCUT2D eigenvalue weighted by atomic mass is 9.71. The van der Waals surface area contributed by atoms with E-state index in [1.807, 2.05) is 39.8 Å². The molecule has 0 aliphatic carbocycles. The van der Waals surface area contributed by atoms with Gasteiger partial charge in [-0.1, -0.05) is 47.0 Å². The fraction of sp³-hybridized carbons (Fsp3) is 0.415. The van der Waals surface area contributed by atoms with Crippen LogP contribution in [0.2, 0.25) is 15.1 Å². The summed E-state index contributed by atoms with van der Waals surface area (Å²) in [6, 6.07) is 3.44. The number of halogens is 3. The maximum atomic E-state index is 14.6. The summed E-state index contributed by atoms with van der Waals surface area (Å²) in [5, 5.41) is 2.32. The molecule has 1 spiro atoms. The number of fused-ring (bicyclic) bond motifs is 8. The fourth-order valence-electron chi connectivity index (χ4n) is 10.1. The van der Waals surface area contributed by atoms with Crippen LogP contribution < -0.4 is 19.9 Å². The average molecular weight is 937 g/mol. The van der Waals surface area contributed by atoms with Gasteiger partial charge in [0.2, 0.25) is 5.91 Å². The van der Waals surface area contributed by atoms with Gasteiger partial charge in [0.1, 0.15) is 23.0 Å². The first-order valence-electron chi connectivity index (χ1n) is 19.2. The Morgan fingerprint density at radius 3 is 1.75 bits per heavy atom. The van der Waals surface area contributed by atoms with Crippen molar-refractivity contribution in [2.75, 3.05) is 47.2 Å². The van der Waals surface area contributed by atoms with Crippen LogP contribution in [0.25, 0.3) is 11.1 Å². The molecule has 0 aromatic heterocycles. The molecule has 0 saturated carbocycles. The highest BCUT2D eigenvalue weighted by molar-refractivity contribution is 8.00. The van der Waals surface area contributed by atoms with Gasteiger partial charge in [-0.2, -0.15) is 16.8 Å². The molecule has 1 amide bonds. The Hall–Kier alpha value is -3.48. The van der Waals surface area contributed by atoms with Gasteiger partial charge in [0.25, 0.3) is 20.2 Å². The number of benzene rings is 3. The molecule has 13 nitrogen and oxygen atoms in total. The molecule has 3 aromatic rings. The quantitative estimate of drug-likeness (QED) is 0.0910. The first-order valence-corrected chi connectivity index (χ1v) is 24.6. The number of rotatable bonds is 7. The third-order valence-corrected chi connectivity index (χ3v) is 16.2. The van der Waals surface area contributed by atoms with Gasteiger partial charge in [-0.25, -0.2) is 4.79 Å². The van der Waals surface area contributed by atoms with Crippen molar-refractivity contribution >= 4 is 101 Å². The SMILES string of the molecule is CNC(=O)CSc1c(Cl)c(Cl)c2c(c1Cl)C1(OC2=O)c2cc3c4c(c2Oc2c1cc1c5c2CCCN5C(C)(C)C=C1CS(=O)(=O)O)CCCN4C(C)(C)C=C3CS(=O)(=O)O. The van der Waals surface area contributed by atoms with Crippen molar-refractivity contribution in [2.45, 2.75) is 75.0 Å². The zero-order chi connectivity index (χ0) is 43.2. The molecule has 6 aliphatic rings. The van der Waals surface area contributed by atoms with Crippen molar-refractivity contribution in [3.8, 4) is 11.5 Å². The van der Waals surface area contributed by atoms with E-state index in [9.17, 15) is 35.5 Å². The van der Waals surface area contributed by atoms with Gasteiger partial charge < -0.3 is 24.6 Å². The average Bonchev–Trinajstić information content (AvgIpc) is 3.46. The highest BCUT2D eigenvalue weighted by Gasteiger charge is 2.59. The number of hydrogen-bond donors (Lipinski definition) is 3. The zero-order valence-corrected chi connectivity index (χ0v) is 37.8. The molecule has 3 N–H and O–H groups in total. The largest absolute Gasteiger partial charge is 0.456 e. The van der Waals surface area contributed by atoms with Crippen molar-refractivity contribution in [3.63, 3.8) is 0 Å². The molecular weight excluding hydrogens is 897 g/mol. The fourth-order valence-corrected chi connectivity index (χ4v) is 13.5. The van der Waals surface area contributed by atoms with Crippen LogP contribution in [0.4, 0.5) is 11.4 Å². The van der Waals surface area contributed by atoms with Gasteiger partial charge in [-0.15, -0.1) is 11.8 Å². The minimum Gasteiger partial charge on any atom is -0.456 e. The summed E-state index contributed by atoms with van der Waals surface area (Å²) in [5.41, 5.74) is 1.74. The first-order chi connectivity index (χ1) is 28.0. The molecule has 60 heavy (non-hydrogen) atoms. The van der Waals surface area contributed by atoms with Gasteiger partial charge in [-0.3, -0.25) is 13.9 Å². The van der Waals surface area contributed by atoms with Gasteiger partial charge in [0, 0.05) is 64.0 Å². The number of esters is 1. The number of ether oxygens (including phenoxy) is 2. The van der Waals surface area contributed by atoms with Crippen LogP contribution in [0.15, 0.2) is 29.2 Å². The van der Waals surface area contributed by atoms with Crippen LogP contribution >= 0.6 is 46.6 Å². The summed E-state index contributed by atoms with van der Waals surface area (Å²) in [6.45, 7) is 9.14. The van der Waals surface area contributed by atoms with Gasteiger partial charge in [-0.05, 0) is 76.7 Å². The van der Waals surface area contributed by atoms with Gasteiger partial charge in [0.15, 0.2) is 5.60 Å². The lowest BCUT2D eigenvalue weighted by Crippen LogP contribution is -2.49. The Morgan fingerprint density at radius 2 is 1.30 bits per heavy atom. The molecule has 6 heterocycles. The Labute approximate surface area is 366 Å².